The average Bonchev–Trinajstić information content (AvgIpc) is 3.46. The quantitative estimate of drug-likeness (QED) is 0.441. The first-order chi connectivity index (χ1) is 15.7. The number of nitrogens with zero attached hydrogens (tertiary/aromatic N) is 6. The highest BCUT2D eigenvalue weighted by atomic mass is 16.2. The maximum atomic E-state index is 13.3. The second kappa shape index (κ2) is 8.57. The van der Waals surface area contributed by atoms with E-state index in [1.54, 1.807) is 21.5 Å². The topological polar surface area (TPSA) is 95.4 Å². The number of aromatic amines is 1. The molecular formula is C24H29N7O2. The molecule has 1 N–H and O–H groups in total. The predicted octanol–water partition coefficient (Wildman–Crippen LogP) is 2.84. The monoisotopic (exact) mass is 447 g/mol. The summed E-state index contributed by atoms with van der Waals surface area (Å²) < 4.78 is 6.38. The molecule has 0 amide bonds. The summed E-state index contributed by atoms with van der Waals surface area (Å²) in [4.78, 5) is 34.0. The van der Waals surface area contributed by atoms with Crippen LogP contribution in [0.15, 0.2) is 46.9 Å². The first kappa shape index (κ1) is 22.3. The van der Waals surface area contributed by atoms with Gasteiger partial charge in [-0.2, -0.15) is 5.10 Å². The van der Waals surface area contributed by atoms with Crippen LogP contribution in [0, 0.1) is 12.8 Å². The minimum Gasteiger partial charge on any atom is -0.361 e. The van der Waals surface area contributed by atoms with E-state index in [0.29, 0.717) is 35.6 Å². The van der Waals surface area contributed by atoms with Gasteiger partial charge in [-0.15, -0.1) is 0 Å². The molecule has 0 fully saturated rings. The second-order valence-electron chi connectivity index (χ2n) is 8.67. The average molecular weight is 448 g/mol. The van der Waals surface area contributed by atoms with Gasteiger partial charge in [-0.05, 0) is 30.0 Å². The molecule has 0 aliphatic carbocycles. The number of fused-ring (bicyclic) bond motifs is 1. The van der Waals surface area contributed by atoms with Crippen molar-refractivity contribution >= 4 is 17.1 Å². The molecule has 172 valence electrons. The van der Waals surface area contributed by atoms with Crippen molar-refractivity contribution in [2.45, 2.75) is 33.9 Å². The van der Waals surface area contributed by atoms with Crippen molar-refractivity contribution < 1.29 is 0 Å². The zero-order chi connectivity index (χ0) is 23.9. The van der Waals surface area contributed by atoms with Gasteiger partial charge in [0.25, 0.3) is 5.56 Å². The van der Waals surface area contributed by atoms with E-state index in [9.17, 15) is 9.59 Å². The minimum absolute atomic E-state index is 0.205. The highest BCUT2D eigenvalue weighted by Crippen LogP contribution is 2.27. The molecule has 0 bridgehead atoms. The van der Waals surface area contributed by atoms with Crippen LogP contribution in [-0.4, -0.2) is 33.4 Å². The minimum atomic E-state index is -0.375. The Morgan fingerprint density at radius 3 is 2.64 bits per heavy atom. The van der Waals surface area contributed by atoms with Crippen molar-refractivity contribution in [1.29, 1.82) is 0 Å². The van der Waals surface area contributed by atoms with Gasteiger partial charge in [0.05, 0.1) is 6.54 Å². The fourth-order valence-corrected chi connectivity index (χ4v) is 4.04. The Balaban J connectivity index is 2.01. The molecule has 0 saturated carbocycles. The zero-order valence-electron chi connectivity index (χ0n) is 19.7. The van der Waals surface area contributed by atoms with Crippen LogP contribution in [0.5, 0.6) is 0 Å². The molecule has 33 heavy (non-hydrogen) atoms. The first-order valence-corrected chi connectivity index (χ1v) is 10.9. The van der Waals surface area contributed by atoms with E-state index < -0.39 is 0 Å². The summed E-state index contributed by atoms with van der Waals surface area (Å²) in [6.45, 7) is 10.7. The van der Waals surface area contributed by atoms with Crippen LogP contribution in [-0.2, 0) is 27.2 Å². The molecule has 0 aliphatic rings. The molecule has 4 aromatic heterocycles. The highest BCUT2D eigenvalue weighted by Gasteiger charge is 2.25. The SMILES string of the molecule is C=C/C=C\c1[nH]cc(Cn2nc3c(c2-c2nccn2C)c(=O)n(C)c(=O)n3CC(C)C)c1C. The zero-order valence-corrected chi connectivity index (χ0v) is 19.7. The molecule has 0 radical (unpaired) electrons. The Morgan fingerprint density at radius 2 is 2.00 bits per heavy atom. The van der Waals surface area contributed by atoms with E-state index >= 15 is 0 Å². The van der Waals surface area contributed by atoms with Crippen LogP contribution >= 0.6 is 0 Å². The summed E-state index contributed by atoms with van der Waals surface area (Å²) in [5.41, 5.74) is 3.32. The first-order valence-electron chi connectivity index (χ1n) is 10.9. The van der Waals surface area contributed by atoms with Gasteiger partial charge in [-0.3, -0.25) is 18.6 Å². The lowest BCUT2D eigenvalue weighted by Crippen LogP contribution is -2.38. The van der Waals surface area contributed by atoms with Crippen molar-refractivity contribution in [3.8, 4) is 11.5 Å². The Bertz CT molecular complexity index is 1490. The summed E-state index contributed by atoms with van der Waals surface area (Å²) in [7, 11) is 3.38. The maximum Gasteiger partial charge on any atom is 0.332 e. The largest absolute Gasteiger partial charge is 0.361 e. The maximum absolute atomic E-state index is 13.3. The number of rotatable bonds is 7. The van der Waals surface area contributed by atoms with Gasteiger partial charge in [0, 0.05) is 44.9 Å². The van der Waals surface area contributed by atoms with Gasteiger partial charge >= 0.3 is 5.69 Å². The Hall–Kier alpha value is -3.88. The van der Waals surface area contributed by atoms with Gasteiger partial charge in [0.15, 0.2) is 11.5 Å². The number of hydrogen-bond donors (Lipinski definition) is 1. The van der Waals surface area contributed by atoms with Crippen LogP contribution in [0.3, 0.4) is 0 Å². The highest BCUT2D eigenvalue weighted by molar-refractivity contribution is 5.89. The molecule has 0 aliphatic heterocycles. The normalized spacial score (nSPS) is 11.9. The Morgan fingerprint density at radius 1 is 1.24 bits per heavy atom. The summed E-state index contributed by atoms with van der Waals surface area (Å²) in [5.74, 6) is 0.820. The predicted molar refractivity (Wildman–Crippen MR) is 130 cm³/mol. The van der Waals surface area contributed by atoms with Crippen molar-refractivity contribution in [1.82, 2.24) is 33.4 Å². The lowest BCUT2D eigenvalue weighted by Gasteiger charge is -2.11. The number of nitrogens with one attached hydrogen (secondary N) is 1. The third kappa shape index (κ3) is 3.79. The molecule has 0 aromatic carbocycles. The lowest BCUT2D eigenvalue weighted by molar-refractivity contribution is 0.498. The van der Waals surface area contributed by atoms with Crippen molar-refractivity contribution in [3.63, 3.8) is 0 Å². The number of aromatic nitrogens is 7. The summed E-state index contributed by atoms with van der Waals surface area (Å²) in [5, 5.41) is 5.19. The summed E-state index contributed by atoms with van der Waals surface area (Å²) in [6, 6.07) is 0. The molecule has 4 rings (SSSR count). The summed E-state index contributed by atoms with van der Waals surface area (Å²) >= 11 is 0. The molecule has 4 heterocycles. The van der Waals surface area contributed by atoms with Crippen molar-refractivity contribution in [2.24, 2.45) is 20.0 Å². The van der Waals surface area contributed by atoms with Crippen molar-refractivity contribution in [3.05, 3.63) is 75.0 Å². The van der Waals surface area contributed by atoms with Crippen LogP contribution in [0.25, 0.3) is 28.6 Å². The summed E-state index contributed by atoms with van der Waals surface area (Å²) in [6.07, 6.45) is 11.0. The van der Waals surface area contributed by atoms with Gasteiger partial charge in [-0.25, -0.2) is 9.78 Å². The molecule has 0 spiro atoms. The van der Waals surface area contributed by atoms with Crippen LogP contribution in [0.2, 0.25) is 0 Å². The van der Waals surface area contributed by atoms with Crippen molar-refractivity contribution in [2.75, 3.05) is 0 Å². The van der Waals surface area contributed by atoms with Gasteiger partial charge in [0.1, 0.15) is 11.1 Å². The number of H-pyrrole nitrogens is 1. The van der Waals surface area contributed by atoms with E-state index in [1.165, 1.54) is 7.05 Å². The Kier molecular flexibility index (Phi) is 5.80. The fraction of sp³-hybridized carbons (Fsp3) is 0.333. The molecule has 0 saturated heterocycles. The lowest BCUT2D eigenvalue weighted by atomic mass is 10.1. The third-order valence-corrected chi connectivity index (χ3v) is 5.81. The fourth-order valence-electron chi connectivity index (χ4n) is 4.04. The van der Waals surface area contributed by atoms with E-state index in [2.05, 4.69) is 16.5 Å². The third-order valence-electron chi connectivity index (χ3n) is 5.81. The van der Waals surface area contributed by atoms with Crippen LogP contribution < -0.4 is 11.2 Å². The second-order valence-corrected chi connectivity index (χ2v) is 8.67. The molecular weight excluding hydrogens is 418 g/mol. The van der Waals surface area contributed by atoms with Crippen LogP contribution in [0.4, 0.5) is 0 Å². The van der Waals surface area contributed by atoms with E-state index in [1.807, 2.05) is 56.9 Å². The smallest absolute Gasteiger partial charge is 0.332 e. The molecule has 0 atom stereocenters. The van der Waals surface area contributed by atoms with E-state index in [-0.39, 0.29) is 17.2 Å². The Labute approximate surface area is 191 Å². The molecule has 9 nitrogen and oxygen atoms in total. The number of allylic oxidation sites excluding steroid dienone is 2. The van der Waals surface area contributed by atoms with Gasteiger partial charge < -0.3 is 9.55 Å². The standard InChI is InChI=1S/C24H29N7O2/c1-7-8-9-18-16(4)17(12-26-18)14-31-20(22-25-10-11-28(22)5)19-21(27-31)30(13-15(2)3)24(33)29(6)23(19)32/h7-12,15,26H,1,13-14H2,2-6H3/b9-8-. The molecule has 4 aromatic rings. The molecule has 9 heteroatoms. The van der Waals surface area contributed by atoms with Gasteiger partial charge in [0.2, 0.25) is 0 Å². The van der Waals surface area contributed by atoms with E-state index in [0.717, 1.165) is 21.4 Å². The molecule has 0 unspecified atom stereocenters. The number of imidazole rings is 1. The van der Waals surface area contributed by atoms with Gasteiger partial charge in [-0.1, -0.05) is 32.6 Å². The van der Waals surface area contributed by atoms with Crippen LogP contribution in [0.1, 0.15) is 30.7 Å². The van der Waals surface area contributed by atoms with E-state index in [4.69, 9.17) is 5.10 Å². The number of hydrogen-bond acceptors (Lipinski definition) is 4. The number of aryl methyl sites for hydroxylation is 1.